The van der Waals surface area contributed by atoms with Crippen molar-refractivity contribution in [2.45, 2.75) is 19.4 Å². The molecular weight excluding hydrogens is 526 g/mol. The minimum Gasteiger partial charge on any atom is -0.494 e. The Bertz CT molecular complexity index is 1670. The van der Waals surface area contributed by atoms with Crippen LogP contribution < -0.4 is 20.7 Å². The molecule has 1 aliphatic rings. The van der Waals surface area contributed by atoms with E-state index >= 15 is 0 Å². The normalized spacial score (nSPS) is 13.6. The number of aryl methyl sites for hydroxylation is 3. The quantitative estimate of drug-likeness (QED) is 0.175. The fourth-order valence-corrected chi connectivity index (χ4v) is 5.51. The lowest BCUT2D eigenvalue weighted by Gasteiger charge is -2.24. The van der Waals surface area contributed by atoms with Crippen LogP contribution in [-0.2, 0) is 20.0 Å². The van der Waals surface area contributed by atoms with Crippen molar-refractivity contribution in [1.29, 1.82) is 0 Å². The molecule has 42 heavy (non-hydrogen) atoms. The van der Waals surface area contributed by atoms with Gasteiger partial charge in [0, 0.05) is 82.0 Å². The fraction of sp³-hybridized carbons (Fsp3) is 0.344. The van der Waals surface area contributed by atoms with E-state index in [1.807, 2.05) is 37.0 Å². The first kappa shape index (κ1) is 28.9. The third kappa shape index (κ3) is 5.62. The fourth-order valence-electron chi connectivity index (χ4n) is 5.51. The van der Waals surface area contributed by atoms with Gasteiger partial charge in [-0.15, -0.1) is 0 Å². The van der Waals surface area contributed by atoms with Gasteiger partial charge in [-0.1, -0.05) is 24.8 Å². The summed E-state index contributed by atoms with van der Waals surface area (Å²) in [5, 5.41) is 4.51. The van der Waals surface area contributed by atoms with Crippen molar-refractivity contribution in [2.24, 2.45) is 17.0 Å². The minimum atomic E-state index is 0.402. The number of allylic oxidation sites excluding steroid dienone is 1. The Morgan fingerprint density at radius 2 is 2.02 bits per heavy atom. The van der Waals surface area contributed by atoms with E-state index in [-0.39, 0.29) is 0 Å². The number of guanidine groups is 1. The van der Waals surface area contributed by atoms with Crippen LogP contribution in [0, 0.1) is 0 Å². The van der Waals surface area contributed by atoms with Crippen LogP contribution in [0.4, 0.5) is 17.1 Å². The molecule has 0 saturated carbocycles. The second-order valence-electron chi connectivity index (χ2n) is 11.0. The summed E-state index contributed by atoms with van der Waals surface area (Å²) < 4.78 is 10.1. The summed E-state index contributed by atoms with van der Waals surface area (Å²) in [5.74, 6) is 1.78. The van der Waals surface area contributed by atoms with Gasteiger partial charge in [0.05, 0.1) is 35.4 Å². The Balaban J connectivity index is 1.56. The summed E-state index contributed by atoms with van der Waals surface area (Å²) in [4.78, 5) is 18.5. The maximum absolute atomic E-state index is 6.54. The number of hydrogen-bond donors (Lipinski definition) is 2. The molecule has 1 aliphatic heterocycles. The van der Waals surface area contributed by atoms with Gasteiger partial charge in [0.1, 0.15) is 11.6 Å². The summed E-state index contributed by atoms with van der Waals surface area (Å²) in [5.41, 5.74) is 13.8. The zero-order chi connectivity index (χ0) is 30.0. The first-order valence-corrected chi connectivity index (χ1v) is 14.2. The summed E-state index contributed by atoms with van der Waals surface area (Å²) in [7, 11) is 11.4. The zero-order valence-corrected chi connectivity index (χ0v) is 25.5. The second kappa shape index (κ2) is 12.1. The lowest BCUT2D eigenvalue weighted by Crippen LogP contribution is -2.29. The Kier molecular flexibility index (Phi) is 8.35. The van der Waals surface area contributed by atoms with Crippen molar-refractivity contribution >= 4 is 45.2 Å². The van der Waals surface area contributed by atoms with Crippen LogP contribution in [-0.4, -0.2) is 79.1 Å². The van der Waals surface area contributed by atoms with E-state index in [1.54, 1.807) is 20.4 Å². The number of nitrogens with two attached hydrogens (primary N) is 1. The number of ether oxygens (including phenoxy) is 1. The molecule has 3 heterocycles. The highest BCUT2D eigenvalue weighted by molar-refractivity contribution is 6.36. The SMILES string of the molecule is C=C(/C(=N\C(=N/C)Nc1cc(N)c(N(C)CCN(C)C)cc1OC)c1cn2c3c(cccc13)CCC2)c1nccn1C. The molecule has 5 rings (SSSR count). The largest absolute Gasteiger partial charge is 0.494 e. The maximum atomic E-state index is 6.54. The van der Waals surface area contributed by atoms with E-state index in [0.29, 0.717) is 34.4 Å². The van der Waals surface area contributed by atoms with Crippen LogP contribution in [0.1, 0.15) is 23.4 Å². The van der Waals surface area contributed by atoms with Gasteiger partial charge >= 0.3 is 0 Å². The Hall–Kier alpha value is -4.57. The molecule has 2 aromatic heterocycles. The zero-order valence-electron chi connectivity index (χ0n) is 25.5. The predicted octanol–water partition coefficient (Wildman–Crippen LogP) is 4.51. The van der Waals surface area contributed by atoms with Crippen molar-refractivity contribution in [3.63, 3.8) is 0 Å². The van der Waals surface area contributed by atoms with E-state index in [0.717, 1.165) is 54.9 Å². The molecule has 0 aliphatic carbocycles. The molecule has 0 atom stereocenters. The molecule has 4 aromatic rings. The molecular formula is C32H41N9O. The summed E-state index contributed by atoms with van der Waals surface area (Å²) in [6.07, 6.45) is 8.04. The van der Waals surface area contributed by atoms with Crippen LogP contribution in [0.2, 0.25) is 0 Å². The van der Waals surface area contributed by atoms with Gasteiger partial charge in [0.25, 0.3) is 0 Å². The number of rotatable bonds is 9. The lowest BCUT2D eigenvalue weighted by molar-refractivity contribution is 0.413. The topological polar surface area (TPSA) is 101 Å². The summed E-state index contributed by atoms with van der Waals surface area (Å²) >= 11 is 0. The van der Waals surface area contributed by atoms with E-state index in [2.05, 4.69) is 74.7 Å². The van der Waals surface area contributed by atoms with E-state index in [4.69, 9.17) is 15.5 Å². The van der Waals surface area contributed by atoms with E-state index in [1.165, 1.54) is 11.1 Å². The maximum Gasteiger partial charge on any atom is 0.222 e. The van der Waals surface area contributed by atoms with Crippen LogP contribution >= 0.6 is 0 Å². The van der Waals surface area contributed by atoms with Crippen LogP contribution in [0.5, 0.6) is 5.75 Å². The van der Waals surface area contributed by atoms with Crippen molar-refractivity contribution in [1.82, 2.24) is 19.0 Å². The standard InChI is InChI=1S/C32H41N9O/c1-21(31-35-13-15-40(31)6)29(24-20-41-14-9-11-22-10-8-12-23(24)30(22)41)37-32(34-2)36-26-18-25(33)27(19-28(26)42-7)39(5)17-16-38(3)4/h8,10,12-13,15,18-20H,1,9,11,14,16-17,33H2,2-7H3,(H,34,36)/b37-29+. The lowest BCUT2D eigenvalue weighted by atomic mass is 9.99. The molecule has 0 unspecified atom stereocenters. The number of hydrogen-bond acceptors (Lipinski definition) is 6. The second-order valence-corrected chi connectivity index (χ2v) is 11.0. The van der Waals surface area contributed by atoms with Crippen LogP contribution in [0.3, 0.4) is 0 Å². The molecule has 10 nitrogen and oxygen atoms in total. The number of likely N-dealkylation sites (N-methyl/N-ethyl adjacent to an activating group) is 2. The Morgan fingerprint density at radius 3 is 2.71 bits per heavy atom. The molecule has 0 fully saturated rings. The van der Waals surface area contributed by atoms with Gasteiger partial charge in [-0.3, -0.25) is 4.99 Å². The van der Waals surface area contributed by atoms with E-state index in [9.17, 15) is 0 Å². The molecule has 3 N–H and O–H groups in total. The highest BCUT2D eigenvalue weighted by Crippen LogP contribution is 2.36. The van der Waals surface area contributed by atoms with Gasteiger partial charge in [0.15, 0.2) is 0 Å². The Morgan fingerprint density at radius 1 is 1.21 bits per heavy atom. The number of para-hydroxylation sites is 1. The van der Waals surface area contributed by atoms with Gasteiger partial charge < -0.3 is 34.7 Å². The van der Waals surface area contributed by atoms with Crippen molar-refractivity contribution in [3.05, 3.63) is 72.5 Å². The number of methoxy groups -OCH3 is 1. The van der Waals surface area contributed by atoms with Crippen molar-refractivity contribution < 1.29 is 4.74 Å². The molecule has 0 bridgehead atoms. The molecule has 0 saturated heterocycles. The smallest absolute Gasteiger partial charge is 0.222 e. The average Bonchev–Trinajstić information content (AvgIpc) is 3.58. The Labute approximate surface area is 247 Å². The number of anilines is 3. The average molecular weight is 568 g/mol. The predicted molar refractivity (Wildman–Crippen MR) is 175 cm³/mol. The molecule has 2 aromatic carbocycles. The van der Waals surface area contributed by atoms with Gasteiger partial charge in [0.2, 0.25) is 5.96 Å². The number of benzene rings is 2. The number of imidazole rings is 1. The third-order valence-corrected chi connectivity index (χ3v) is 7.78. The molecule has 220 valence electrons. The van der Waals surface area contributed by atoms with Crippen LogP contribution in [0.15, 0.2) is 65.5 Å². The van der Waals surface area contributed by atoms with Crippen molar-refractivity contribution in [2.75, 3.05) is 64.3 Å². The number of aliphatic imine (C=N–C) groups is 2. The van der Waals surface area contributed by atoms with Crippen molar-refractivity contribution in [3.8, 4) is 5.75 Å². The number of nitrogens with one attached hydrogen (secondary N) is 1. The number of aromatic nitrogens is 3. The highest BCUT2D eigenvalue weighted by atomic mass is 16.5. The first-order chi connectivity index (χ1) is 20.2. The minimum absolute atomic E-state index is 0.402. The third-order valence-electron chi connectivity index (χ3n) is 7.78. The molecule has 0 amide bonds. The van der Waals surface area contributed by atoms with Gasteiger partial charge in [-0.2, -0.15) is 0 Å². The molecule has 0 radical (unpaired) electrons. The highest BCUT2D eigenvalue weighted by Gasteiger charge is 2.23. The van der Waals surface area contributed by atoms with E-state index < -0.39 is 0 Å². The van der Waals surface area contributed by atoms with Gasteiger partial charge in [-0.25, -0.2) is 9.98 Å². The van der Waals surface area contributed by atoms with Gasteiger partial charge in [-0.05, 0) is 38.6 Å². The molecule has 10 heteroatoms. The van der Waals surface area contributed by atoms with Crippen LogP contribution in [0.25, 0.3) is 16.5 Å². The first-order valence-electron chi connectivity index (χ1n) is 14.2. The summed E-state index contributed by atoms with van der Waals surface area (Å²) in [6, 6.07) is 10.3. The summed E-state index contributed by atoms with van der Waals surface area (Å²) in [6.45, 7) is 7.15. The monoisotopic (exact) mass is 567 g/mol. The number of nitrogens with zero attached hydrogens (tertiary/aromatic N) is 7. The number of nitrogen functional groups attached to an aromatic ring is 1. The molecule has 0 spiro atoms.